The maximum atomic E-state index is 12.6. The zero-order valence-corrected chi connectivity index (χ0v) is 17.3. The van der Waals surface area contributed by atoms with E-state index in [1.807, 2.05) is 24.8 Å². The molecule has 3 rings (SSSR count). The molecule has 150 valence electrons. The van der Waals surface area contributed by atoms with E-state index in [9.17, 15) is 9.59 Å². The van der Waals surface area contributed by atoms with Crippen molar-refractivity contribution in [2.24, 2.45) is 0 Å². The van der Waals surface area contributed by atoms with Gasteiger partial charge in [0.25, 0.3) is 5.91 Å². The van der Waals surface area contributed by atoms with Gasteiger partial charge < -0.3 is 19.7 Å². The van der Waals surface area contributed by atoms with E-state index in [4.69, 9.17) is 9.47 Å². The molecule has 1 N–H and O–H groups in total. The fourth-order valence-electron chi connectivity index (χ4n) is 3.98. The molecule has 2 amide bonds. The Balaban J connectivity index is 1.73. The van der Waals surface area contributed by atoms with Crippen molar-refractivity contribution in [3.8, 4) is 0 Å². The van der Waals surface area contributed by atoms with Crippen LogP contribution in [-0.2, 0) is 26.3 Å². The Kier molecular flexibility index (Phi) is 6.55. The molecule has 1 spiro atoms. The van der Waals surface area contributed by atoms with Crippen LogP contribution >= 0.6 is 11.3 Å². The first kappa shape index (κ1) is 20.3. The summed E-state index contributed by atoms with van der Waals surface area (Å²) in [6.45, 7) is 6.58. The van der Waals surface area contributed by atoms with Gasteiger partial charge in [0.05, 0.1) is 18.1 Å². The second kappa shape index (κ2) is 8.71. The highest BCUT2D eigenvalue weighted by atomic mass is 32.1. The normalized spacial score (nSPS) is 19.6. The number of thiophene rings is 1. The molecular weight excluding hydrogens is 364 g/mol. The Morgan fingerprint density at radius 1 is 1.41 bits per heavy atom. The van der Waals surface area contributed by atoms with Crippen LogP contribution in [0.15, 0.2) is 6.07 Å². The maximum absolute atomic E-state index is 12.6. The Labute approximate surface area is 165 Å². The molecule has 0 bridgehead atoms. The lowest BCUT2D eigenvalue weighted by molar-refractivity contribution is -0.140. The summed E-state index contributed by atoms with van der Waals surface area (Å²) in [5.41, 5.74) is 0.891. The van der Waals surface area contributed by atoms with Gasteiger partial charge in [-0.05, 0) is 44.2 Å². The minimum absolute atomic E-state index is 0.0281. The van der Waals surface area contributed by atoms with Crippen LogP contribution in [0.5, 0.6) is 0 Å². The van der Waals surface area contributed by atoms with E-state index < -0.39 is 0 Å². The number of fused-ring (bicyclic) bond motifs is 2. The largest absolute Gasteiger partial charge is 0.383 e. The Bertz CT molecular complexity index is 680. The topological polar surface area (TPSA) is 67.9 Å². The highest BCUT2D eigenvalue weighted by Gasteiger charge is 2.43. The lowest BCUT2D eigenvalue weighted by Gasteiger charge is -2.43. The summed E-state index contributed by atoms with van der Waals surface area (Å²) in [4.78, 5) is 28.6. The van der Waals surface area contributed by atoms with Gasteiger partial charge in [-0.2, -0.15) is 0 Å². The number of methoxy groups -OCH3 is 1. The van der Waals surface area contributed by atoms with E-state index in [-0.39, 0.29) is 23.5 Å². The Morgan fingerprint density at radius 3 is 2.81 bits per heavy atom. The van der Waals surface area contributed by atoms with Gasteiger partial charge in [-0.1, -0.05) is 6.92 Å². The molecular formula is C20H30N2O4S. The van der Waals surface area contributed by atoms with Gasteiger partial charge in [0.1, 0.15) is 5.60 Å². The van der Waals surface area contributed by atoms with Crippen molar-refractivity contribution < 1.29 is 19.1 Å². The van der Waals surface area contributed by atoms with Crippen molar-refractivity contribution in [1.29, 1.82) is 0 Å². The van der Waals surface area contributed by atoms with Crippen LogP contribution in [0, 0.1) is 0 Å². The first-order valence-corrected chi connectivity index (χ1v) is 10.7. The van der Waals surface area contributed by atoms with E-state index in [1.54, 1.807) is 18.4 Å². The van der Waals surface area contributed by atoms with Crippen molar-refractivity contribution in [2.45, 2.75) is 57.6 Å². The molecule has 0 unspecified atom stereocenters. The van der Waals surface area contributed by atoms with Gasteiger partial charge in [0, 0.05) is 37.5 Å². The maximum Gasteiger partial charge on any atom is 0.261 e. The molecule has 0 aromatic carbocycles. The lowest BCUT2D eigenvalue weighted by Crippen LogP contribution is -2.47. The van der Waals surface area contributed by atoms with E-state index >= 15 is 0 Å². The number of hydrogen-bond acceptors (Lipinski definition) is 5. The van der Waals surface area contributed by atoms with E-state index in [1.165, 1.54) is 10.4 Å². The third-order valence-electron chi connectivity index (χ3n) is 5.38. The van der Waals surface area contributed by atoms with Gasteiger partial charge in [0.15, 0.2) is 0 Å². The predicted octanol–water partition coefficient (Wildman–Crippen LogP) is 2.70. The molecule has 0 radical (unpaired) electrons. The van der Waals surface area contributed by atoms with Gasteiger partial charge in [0.2, 0.25) is 5.91 Å². The number of nitrogens with zero attached hydrogens (tertiary/aromatic N) is 1. The molecule has 0 saturated carbocycles. The summed E-state index contributed by atoms with van der Waals surface area (Å²) in [5, 5.41) is 2.99. The zero-order chi connectivity index (χ0) is 19.4. The SMILES string of the molecule is CCCC(=O)N1CCC2(CC1)OCCc1cc(C(=O)N[C@@H](C)COC)sc12. The fourth-order valence-corrected chi connectivity index (χ4v) is 5.30. The highest BCUT2D eigenvalue weighted by molar-refractivity contribution is 7.14. The molecule has 1 fully saturated rings. The van der Waals surface area contributed by atoms with Crippen LogP contribution < -0.4 is 5.32 Å². The molecule has 1 atom stereocenters. The number of hydrogen-bond donors (Lipinski definition) is 1. The molecule has 2 aliphatic heterocycles. The first-order chi connectivity index (χ1) is 13.0. The smallest absolute Gasteiger partial charge is 0.261 e. The molecule has 7 heteroatoms. The summed E-state index contributed by atoms with van der Waals surface area (Å²) in [7, 11) is 1.63. The standard InChI is InChI=1S/C20H30N2O4S/c1-4-5-17(23)22-9-7-20(8-10-22)18-15(6-11-26-20)12-16(27-18)19(24)21-14(2)13-25-3/h12,14H,4-11,13H2,1-3H3,(H,21,24)/t14-/m0/s1. The number of carbonyl (C=O) groups is 2. The third-order valence-corrected chi connectivity index (χ3v) is 6.74. The number of amides is 2. The van der Waals surface area contributed by atoms with Gasteiger partial charge in [-0.15, -0.1) is 11.3 Å². The molecule has 3 heterocycles. The van der Waals surface area contributed by atoms with E-state index in [2.05, 4.69) is 5.32 Å². The van der Waals surface area contributed by atoms with Crippen molar-refractivity contribution in [3.63, 3.8) is 0 Å². The average molecular weight is 395 g/mol. The van der Waals surface area contributed by atoms with Gasteiger partial charge in [-0.3, -0.25) is 9.59 Å². The van der Waals surface area contributed by atoms with Crippen LogP contribution in [0.4, 0.5) is 0 Å². The number of carbonyl (C=O) groups excluding carboxylic acids is 2. The molecule has 27 heavy (non-hydrogen) atoms. The number of ether oxygens (including phenoxy) is 2. The quantitative estimate of drug-likeness (QED) is 0.806. The van der Waals surface area contributed by atoms with Crippen LogP contribution in [0.3, 0.4) is 0 Å². The van der Waals surface area contributed by atoms with Crippen molar-refractivity contribution >= 4 is 23.2 Å². The monoisotopic (exact) mass is 394 g/mol. The van der Waals surface area contributed by atoms with Gasteiger partial charge in [-0.25, -0.2) is 0 Å². The summed E-state index contributed by atoms with van der Waals surface area (Å²) in [5.74, 6) is 0.186. The third kappa shape index (κ3) is 4.36. The second-order valence-electron chi connectivity index (χ2n) is 7.52. The van der Waals surface area contributed by atoms with Crippen molar-refractivity contribution in [1.82, 2.24) is 10.2 Å². The number of likely N-dealkylation sites (tertiary alicyclic amines) is 1. The lowest BCUT2D eigenvalue weighted by atomic mass is 9.85. The number of rotatable bonds is 6. The minimum atomic E-state index is -0.335. The highest BCUT2D eigenvalue weighted by Crippen LogP contribution is 2.45. The summed E-state index contributed by atoms with van der Waals surface area (Å²) >= 11 is 1.55. The van der Waals surface area contributed by atoms with Crippen molar-refractivity contribution in [3.05, 3.63) is 21.4 Å². The molecule has 0 aliphatic carbocycles. The van der Waals surface area contributed by atoms with Crippen molar-refractivity contribution in [2.75, 3.05) is 33.4 Å². The fraction of sp³-hybridized carbons (Fsp3) is 0.700. The minimum Gasteiger partial charge on any atom is -0.383 e. The molecule has 1 aromatic rings. The van der Waals surface area contributed by atoms with Crippen LogP contribution in [0.2, 0.25) is 0 Å². The van der Waals surface area contributed by atoms with Crippen LogP contribution in [-0.4, -0.2) is 56.2 Å². The first-order valence-electron chi connectivity index (χ1n) is 9.84. The molecule has 2 aliphatic rings. The summed E-state index contributed by atoms with van der Waals surface area (Å²) < 4.78 is 11.3. The molecule has 1 saturated heterocycles. The average Bonchev–Trinajstić information content (AvgIpc) is 3.09. The predicted molar refractivity (Wildman–Crippen MR) is 105 cm³/mol. The van der Waals surface area contributed by atoms with E-state index in [0.717, 1.165) is 43.6 Å². The Morgan fingerprint density at radius 2 is 2.15 bits per heavy atom. The zero-order valence-electron chi connectivity index (χ0n) is 16.5. The summed E-state index contributed by atoms with van der Waals surface area (Å²) in [6, 6.07) is 1.99. The van der Waals surface area contributed by atoms with Crippen LogP contribution in [0.25, 0.3) is 0 Å². The second-order valence-corrected chi connectivity index (χ2v) is 8.57. The number of piperidine rings is 1. The summed E-state index contributed by atoms with van der Waals surface area (Å²) in [6.07, 6.45) is 3.94. The Hall–Kier alpha value is -1.44. The van der Waals surface area contributed by atoms with E-state index in [0.29, 0.717) is 19.6 Å². The number of nitrogens with one attached hydrogen (secondary N) is 1. The molecule has 1 aromatic heterocycles. The van der Waals surface area contributed by atoms with Crippen LogP contribution in [0.1, 0.15) is 59.6 Å². The molecule has 6 nitrogen and oxygen atoms in total. The van der Waals surface area contributed by atoms with Gasteiger partial charge >= 0.3 is 0 Å².